The van der Waals surface area contributed by atoms with Crippen LogP contribution in [0.25, 0.3) is 10.9 Å². The molecule has 0 aliphatic carbocycles. The fourth-order valence-electron chi connectivity index (χ4n) is 2.95. The molecule has 0 spiro atoms. The zero-order valence-corrected chi connectivity index (χ0v) is 13.7. The fourth-order valence-corrected chi connectivity index (χ4v) is 3.39. The van der Waals surface area contributed by atoms with E-state index in [4.69, 9.17) is 5.73 Å². The third-order valence-corrected chi connectivity index (χ3v) is 4.85. The maximum Gasteiger partial charge on any atom is 0.0480 e. The molecule has 3 rings (SSSR count). The first-order valence-corrected chi connectivity index (χ1v) is 7.97. The molecule has 0 bridgehead atoms. The Morgan fingerprint density at radius 2 is 1.81 bits per heavy atom. The fraction of sp³-hybridized carbons (Fsp3) is 0.222. The highest BCUT2D eigenvalue weighted by atomic mass is 79.9. The molecule has 0 aliphatic heterocycles. The molecule has 2 aromatic carbocycles. The van der Waals surface area contributed by atoms with Crippen molar-refractivity contribution in [3.63, 3.8) is 0 Å². The van der Waals surface area contributed by atoms with Crippen molar-refractivity contribution >= 4 is 26.8 Å². The lowest BCUT2D eigenvalue weighted by Crippen LogP contribution is -2.15. The summed E-state index contributed by atoms with van der Waals surface area (Å²) in [5.41, 5.74) is 9.99. The molecule has 0 amide bonds. The number of nitrogens with two attached hydrogens (primary N) is 1. The molecule has 3 aromatic rings. The highest BCUT2D eigenvalue weighted by Crippen LogP contribution is 2.30. The average Bonchev–Trinajstić information content (AvgIpc) is 2.84. The number of halogens is 1. The van der Waals surface area contributed by atoms with E-state index in [1.165, 1.54) is 22.0 Å². The zero-order chi connectivity index (χ0) is 14.8. The van der Waals surface area contributed by atoms with Crippen molar-refractivity contribution < 1.29 is 0 Å². The van der Waals surface area contributed by atoms with Gasteiger partial charge < -0.3 is 10.3 Å². The summed E-state index contributed by atoms with van der Waals surface area (Å²) in [4.78, 5) is 0. The van der Waals surface area contributed by atoms with Crippen LogP contribution in [0.5, 0.6) is 0 Å². The van der Waals surface area contributed by atoms with E-state index in [-0.39, 0.29) is 0 Å². The molecule has 0 aliphatic rings. The Kier molecular flexibility index (Phi) is 4.13. The highest BCUT2D eigenvalue weighted by molar-refractivity contribution is 9.10. The highest BCUT2D eigenvalue weighted by Gasteiger charge is 2.17. The first-order chi connectivity index (χ1) is 10.2. The molecular formula is C18H19BrN2. The molecule has 0 fully saturated rings. The van der Waals surface area contributed by atoms with Gasteiger partial charge in [-0.05, 0) is 36.2 Å². The van der Waals surface area contributed by atoms with Crippen LogP contribution in [0, 0.1) is 0 Å². The first-order valence-electron chi connectivity index (χ1n) is 7.18. The Morgan fingerprint density at radius 3 is 2.57 bits per heavy atom. The van der Waals surface area contributed by atoms with Crippen molar-refractivity contribution in [3.8, 4) is 0 Å². The lowest BCUT2D eigenvalue weighted by atomic mass is 9.92. The molecule has 3 heteroatoms. The summed E-state index contributed by atoms with van der Waals surface area (Å²) in [7, 11) is 2.10. The largest absolute Gasteiger partial charge is 0.350 e. The standard InChI is InChI=1S/C18H19BrN2/c1-21-12-16(15-7-3-5-9-18(15)21)14(11-20)10-13-6-2-4-8-17(13)19/h2-9,12,14H,10-11,20H2,1H3. The molecule has 0 saturated heterocycles. The van der Waals surface area contributed by atoms with E-state index in [0.29, 0.717) is 12.5 Å². The lowest BCUT2D eigenvalue weighted by molar-refractivity contribution is 0.694. The number of para-hydroxylation sites is 1. The van der Waals surface area contributed by atoms with Crippen LogP contribution >= 0.6 is 15.9 Å². The molecule has 1 aromatic heterocycles. The van der Waals surface area contributed by atoms with Gasteiger partial charge in [-0.3, -0.25) is 0 Å². The van der Waals surface area contributed by atoms with Crippen LogP contribution in [0.4, 0.5) is 0 Å². The second-order valence-electron chi connectivity index (χ2n) is 5.44. The molecule has 1 atom stereocenters. The molecule has 2 N–H and O–H groups in total. The van der Waals surface area contributed by atoms with Crippen molar-refractivity contribution in [2.75, 3.05) is 6.54 Å². The number of aryl methyl sites for hydroxylation is 1. The van der Waals surface area contributed by atoms with Gasteiger partial charge in [0.15, 0.2) is 0 Å². The lowest BCUT2D eigenvalue weighted by Gasteiger charge is -2.15. The Bertz CT molecular complexity index is 761. The van der Waals surface area contributed by atoms with Gasteiger partial charge in [-0.15, -0.1) is 0 Å². The SMILES string of the molecule is Cn1cc(C(CN)Cc2ccccc2Br)c2ccccc21. The summed E-state index contributed by atoms with van der Waals surface area (Å²) < 4.78 is 3.34. The van der Waals surface area contributed by atoms with E-state index in [0.717, 1.165) is 10.9 Å². The minimum absolute atomic E-state index is 0.329. The molecule has 0 saturated carbocycles. The quantitative estimate of drug-likeness (QED) is 0.755. The Morgan fingerprint density at radius 1 is 1.10 bits per heavy atom. The zero-order valence-electron chi connectivity index (χ0n) is 12.1. The number of benzene rings is 2. The van der Waals surface area contributed by atoms with Crippen LogP contribution in [0.15, 0.2) is 59.2 Å². The van der Waals surface area contributed by atoms with Crippen LogP contribution < -0.4 is 5.73 Å². The van der Waals surface area contributed by atoms with Crippen LogP contribution in [-0.4, -0.2) is 11.1 Å². The third kappa shape index (κ3) is 2.76. The van der Waals surface area contributed by atoms with E-state index in [9.17, 15) is 0 Å². The van der Waals surface area contributed by atoms with Crippen LogP contribution in [0.1, 0.15) is 17.0 Å². The van der Waals surface area contributed by atoms with E-state index in [1.54, 1.807) is 0 Å². The Hall–Kier alpha value is -1.58. The van der Waals surface area contributed by atoms with Gasteiger partial charge in [0.2, 0.25) is 0 Å². The van der Waals surface area contributed by atoms with Crippen LogP contribution in [0.2, 0.25) is 0 Å². The van der Waals surface area contributed by atoms with E-state index >= 15 is 0 Å². The van der Waals surface area contributed by atoms with Gasteiger partial charge in [0.1, 0.15) is 0 Å². The molecule has 1 unspecified atom stereocenters. The molecule has 21 heavy (non-hydrogen) atoms. The third-order valence-electron chi connectivity index (χ3n) is 4.08. The van der Waals surface area contributed by atoms with Crippen molar-refractivity contribution in [2.24, 2.45) is 12.8 Å². The van der Waals surface area contributed by atoms with Gasteiger partial charge in [0.25, 0.3) is 0 Å². The summed E-state index contributed by atoms with van der Waals surface area (Å²) >= 11 is 3.64. The van der Waals surface area contributed by atoms with Gasteiger partial charge in [0.05, 0.1) is 0 Å². The van der Waals surface area contributed by atoms with E-state index in [1.807, 2.05) is 6.07 Å². The molecule has 1 heterocycles. The van der Waals surface area contributed by atoms with Gasteiger partial charge in [-0.1, -0.05) is 52.3 Å². The predicted molar refractivity (Wildman–Crippen MR) is 92.6 cm³/mol. The topological polar surface area (TPSA) is 30.9 Å². The molecule has 0 radical (unpaired) electrons. The minimum Gasteiger partial charge on any atom is -0.350 e. The smallest absolute Gasteiger partial charge is 0.0480 e. The number of rotatable bonds is 4. The van der Waals surface area contributed by atoms with Gasteiger partial charge in [-0.25, -0.2) is 0 Å². The van der Waals surface area contributed by atoms with Crippen LogP contribution in [0.3, 0.4) is 0 Å². The van der Waals surface area contributed by atoms with Gasteiger partial charge in [-0.2, -0.15) is 0 Å². The van der Waals surface area contributed by atoms with Crippen molar-refractivity contribution in [3.05, 3.63) is 70.3 Å². The monoisotopic (exact) mass is 342 g/mol. The molecular weight excluding hydrogens is 324 g/mol. The number of fused-ring (bicyclic) bond motifs is 1. The first kappa shape index (κ1) is 14.4. The number of hydrogen-bond donors (Lipinski definition) is 1. The van der Waals surface area contributed by atoms with Crippen molar-refractivity contribution in [2.45, 2.75) is 12.3 Å². The second-order valence-corrected chi connectivity index (χ2v) is 6.29. The number of hydrogen-bond acceptors (Lipinski definition) is 1. The van der Waals surface area contributed by atoms with E-state index in [2.05, 4.69) is 76.2 Å². The summed E-state index contributed by atoms with van der Waals surface area (Å²) in [6.45, 7) is 0.648. The normalized spacial score (nSPS) is 12.7. The maximum atomic E-state index is 6.08. The van der Waals surface area contributed by atoms with Gasteiger partial charge >= 0.3 is 0 Å². The van der Waals surface area contributed by atoms with Crippen LogP contribution in [-0.2, 0) is 13.5 Å². The number of aromatic nitrogens is 1. The Balaban J connectivity index is 2.01. The minimum atomic E-state index is 0.329. The average molecular weight is 343 g/mol. The Labute approximate surface area is 133 Å². The van der Waals surface area contributed by atoms with Gasteiger partial charge in [0, 0.05) is 34.5 Å². The summed E-state index contributed by atoms with van der Waals surface area (Å²) in [5, 5.41) is 1.31. The van der Waals surface area contributed by atoms with Crippen molar-refractivity contribution in [1.82, 2.24) is 4.57 Å². The molecule has 2 nitrogen and oxygen atoms in total. The number of nitrogens with zero attached hydrogens (tertiary/aromatic N) is 1. The maximum absolute atomic E-state index is 6.08. The predicted octanol–water partition coefficient (Wildman–Crippen LogP) is 4.23. The second kappa shape index (κ2) is 6.04. The molecule has 108 valence electrons. The van der Waals surface area contributed by atoms with Crippen molar-refractivity contribution in [1.29, 1.82) is 0 Å². The summed E-state index contributed by atoms with van der Waals surface area (Å²) in [6.07, 6.45) is 3.17. The van der Waals surface area contributed by atoms with E-state index < -0.39 is 0 Å². The summed E-state index contributed by atoms with van der Waals surface area (Å²) in [6, 6.07) is 16.9. The summed E-state index contributed by atoms with van der Waals surface area (Å²) in [5.74, 6) is 0.329.